The van der Waals surface area contributed by atoms with Gasteiger partial charge in [-0.3, -0.25) is 14.4 Å². The van der Waals surface area contributed by atoms with Crippen LogP contribution < -0.4 is 0 Å². The molecule has 0 spiro atoms. The molecule has 0 aromatic heterocycles. The largest absolute Gasteiger partial charge is 0.462 e. The lowest BCUT2D eigenvalue weighted by molar-refractivity contribution is -0.167. The molecule has 0 N–H and O–H groups in total. The Bertz CT molecular complexity index is 1410. The smallest absolute Gasteiger partial charge is 0.306 e. The van der Waals surface area contributed by atoms with Gasteiger partial charge in [0.1, 0.15) is 13.2 Å². The standard InChI is InChI=1S/C62H102O6/c1-4-7-10-13-16-19-22-24-26-27-28-29-30-31-32-33-34-35-37-38-40-43-46-49-52-55-61(64)67-58-59(57-66-60(63)54-51-48-45-42-21-18-15-12-9-6-3)68-62(65)56-53-50-47-44-41-39-36-25-23-20-17-14-11-8-5-2/h7,10,12,15-16,19,24-26,28-29,31-32,34-36,38,40,59H,4-6,8-9,11,13-14,17-18,20-23,27,30,33,37,39,41-58H2,1-3H3/b10-7-,15-12-,19-16-,26-24-,29-28-,32-31-,35-34-,36-25-,40-38-. The van der Waals surface area contributed by atoms with E-state index >= 15 is 0 Å². The third-order valence-electron chi connectivity index (χ3n) is 11.5. The Hall–Kier alpha value is -3.93. The lowest BCUT2D eigenvalue weighted by Gasteiger charge is -2.18. The molecule has 0 aromatic carbocycles. The van der Waals surface area contributed by atoms with Crippen molar-refractivity contribution >= 4 is 17.9 Å². The van der Waals surface area contributed by atoms with Crippen LogP contribution in [-0.4, -0.2) is 37.2 Å². The fraction of sp³-hybridized carbons (Fsp3) is 0.661. The van der Waals surface area contributed by atoms with Crippen molar-refractivity contribution in [2.24, 2.45) is 0 Å². The van der Waals surface area contributed by atoms with E-state index in [2.05, 4.69) is 130 Å². The van der Waals surface area contributed by atoms with Crippen LogP contribution in [0.2, 0.25) is 0 Å². The van der Waals surface area contributed by atoms with E-state index in [1.165, 1.54) is 64.2 Å². The van der Waals surface area contributed by atoms with Crippen molar-refractivity contribution in [3.63, 3.8) is 0 Å². The quantitative estimate of drug-likeness (QED) is 0.0262. The zero-order valence-corrected chi connectivity index (χ0v) is 44.1. The number of allylic oxidation sites excluding steroid dienone is 18. The highest BCUT2D eigenvalue weighted by molar-refractivity contribution is 5.71. The zero-order valence-electron chi connectivity index (χ0n) is 44.1. The molecule has 386 valence electrons. The number of hydrogen-bond donors (Lipinski definition) is 0. The van der Waals surface area contributed by atoms with Gasteiger partial charge in [-0.1, -0.05) is 214 Å². The Kier molecular flexibility index (Phi) is 52.4. The first-order chi connectivity index (χ1) is 33.5. The average molecular weight is 943 g/mol. The lowest BCUT2D eigenvalue weighted by atomic mass is 10.1. The van der Waals surface area contributed by atoms with Gasteiger partial charge in [-0.15, -0.1) is 0 Å². The maximum atomic E-state index is 12.8. The van der Waals surface area contributed by atoms with Gasteiger partial charge in [-0.2, -0.15) is 0 Å². The molecule has 0 amide bonds. The van der Waals surface area contributed by atoms with Crippen LogP contribution in [0.15, 0.2) is 109 Å². The minimum atomic E-state index is -0.800. The Morgan fingerprint density at radius 2 is 0.603 bits per heavy atom. The van der Waals surface area contributed by atoms with Gasteiger partial charge in [0.2, 0.25) is 0 Å². The fourth-order valence-electron chi connectivity index (χ4n) is 7.30. The first-order valence-corrected chi connectivity index (χ1v) is 27.9. The topological polar surface area (TPSA) is 78.9 Å². The summed E-state index contributed by atoms with van der Waals surface area (Å²) in [5.41, 5.74) is 0. The summed E-state index contributed by atoms with van der Waals surface area (Å²) in [6.45, 7) is 6.41. The molecular weight excluding hydrogens is 841 g/mol. The molecule has 0 fully saturated rings. The van der Waals surface area contributed by atoms with Crippen LogP contribution in [0.4, 0.5) is 0 Å². The van der Waals surface area contributed by atoms with Gasteiger partial charge < -0.3 is 14.2 Å². The van der Waals surface area contributed by atoms with E-state index in [0.29, 0.717) is 19.3 Å². The van der Waals surface area contributed by atoms with Crippen LogP contribution in [0.3, 0.4) is 0 Å². The summed E-state index contributed by atoms with van der Waals surface area (Å²) in [6.07, 6.45) is 75.1. The third kappa shape index (κ3) is 53.0. The summed E-state index contributed by atoms with van der Waals surface area (Å²) in [6, 6.07) is 0. The molecule has 0 heterocycles. The second kappa shape index (κ2) is 55.7. The molecule has 1 unspecified atom stereocenters. The summed E-state index contributed by atoms with van der Waals surface area (Å²) in [7, 11) is 0. The first kappa shape index (κ1) is 64.1. The van der Waals surface area contributed by atoms with Crippen molar-refractivity contribution in [2.75, 3.05) is 13.2 Å². The molecular formula is C62H102O6. The molecule has 68 heavy (non-hydrogen) atoms. The summed E-state index contributed by atoms with van der Waals surface area (Å²) < 4.78 is 16.8. The molecule has 0 rings (SSSR count). The molecule has 0 radical (unpaired) electrons. The van der Waals surface area contributed by atoms with Crippen LogP contribution in [0.5, 0.6) is 0 Å². The monoisotopic (exact) mass is 943 g/mol. The minimum absolute atomic E-state index is 0.0980. The number of rotatable bonds is 49. The van der Waals surface area contributed by atoms with Crippen molar-refractivity contribution in [3.05, 3.63) is 109 Å². The lowest BCUT2D eigenvalue weighted by Crippen LogP contribution is -2.30. The maximum absolute atomic E-state index is 12.8. The molecule has 0 aromatic rings. The van der Waals surface area contributed by atoms with Gasteiger partial charge in [0.15, 0.2) is 6.10 Å². The van der Waals surface area contributed by atoms with Gasteiger partial charge in [-0.25, -0.2) is 0 Å². The Morgan fingerprint density at radius 3 is 0.985 bits per heavy atom. The van der Waals surface area contributed by atoms with Gasteiger partial charge in [0.05, 0.1) is 0 Å². The van der Waals surface area contributed by atoms with Crippen molar-refractivity contribution in [3.8, 4) is 0 Å². The van der Waals surface area contributed by atoms with Crippen molar-refractivity contribution in [1.29, 1.82) is 0 Å². The third-order valence-corrected chi connectivity index (χ3v) is 11.5. The predicted octanol–water partition coefficient (Wildman–Crippen LogP) is 18.7. The number of esters is 3. The second-order valence-electron chi connectivity index (χ2n) is 18.1. The van der Waals surface area contributed by atoms with Gasteiger partial charge in [0, 0.05) is 19.3 Å². The highest BCUT2D eigenvalue weighted by Gasteiger charge is 2.19. The highest BCUT2D eigenvalue weighted by Crippen LogP contribution is 2.13. The number of hydrogen-bond acceptors (Lipinski definition) is 6. The van der Waals surface area contributed by atoms with Crippen LogP contribution in [0, 0.1) is 0 Å². The predicted molar refractivity (Wildman–Crippen MR) is 293 cm³/mol. The van der Waals surface area contributed by atoms with Crippen molar-refractivity contribution in [2.45, 2.75) is 252 Å². The van der Waals surface area contributed by atoms with Crippen LogP contribution in [-0.2, 0) is 28.6 Å². The Labute approximate surface area is 419 Å². The van der Waals surface area contributed by atoms with E-state index in [1.807, 2.05) is 0 Å². The number of ether oxygens (including phenoxy) is 3. The summed E-state index contributed by atoms with van der Waals surface area (Å²) >= 11 is 0. The normalized spacial score (nSPS) is 12.9. The molecule has 0 saturated heterocycles. The highest BCUT2D eigenvalue weighted by atomic mass is 16.6. The molecule has 6 heteroatoms. The molecule has 0 bridgehead atoms. The molecule has 0 aliphatic heterocycles. The van der Waals surface area contributed by atoms with E-state index in [9.17, 15) is 14.4 Å². The summed E-state index contributed by atoms with van der Waals surface area (Å²) in [4.78, 5) is 38.0. The molecule has 0 saturated carbocycles. The fourth-order valence-corrected chi connectivity index (χ4v) is 7.30. The van der Waals surface area contributed by atoms with E-state index < -0.39 is 6.10 Å². The number of carbonyl (C=O) groups is 3. The summed E-state index contributed by atoms with van der Waals surface area (Å²) in [5.74, 6) is -0.953. The van der Waals surface area contributed by atoms with E-state index in [1.54, 1.807) is 0 Å². The van der Waals surface area contributed by atoms with Crippen LogP contribution in [0.25, 0.3) is 0 Å². The molecule has 0 aliphatic rings. The number of carbonyl (C=O) groups excluding carboxylic acids is 3. The van der Waals surface area contributed by atoms with Gasteiger partial charge in [-0.05, 0) is 122 Å². The van der Waals surface area contributed by atoms with Crippen molar-refractivity contribution < 1.29 is 28.6 Å². The average Bonchev–Trinajstić information content (AvgIpc) is 3.34. The van der Waals surface area contributed by atoms with E-state index in [0.717, 1.165) is 141 Å². The second-order valence-corrected chi connectivity index (χ2v) is 18.1. The SMILES string of the molecule is CC/C=C\C/C=C\C/C=C\C/C=C\C/C=C\C/C=C\C/C=C\CCCCCC(=O)OCC(COC(=O)CCCCCCC/C=C\CCC)OC(=O)CCCCCCC/C=C\CCCCCCCC. The Morgan fingerprint density at radius 1 is 0.309 bits per heavy atom. The van der Waals surface area contributed by atoms with E-state index in [-0.39, 0.29) is 31.1 Å². The molecule has 0 aliphatic carbocycles. The minimum Gasteiger partial charge on any atom is -0.462 e. The van der Waals surface area contributed by atoms with Gasteiger partial charge >= 0.3 is 17.9 Å². The number of unbranched alkanes of at least 4 members (excludes halogenated alkanes) is 20. The maximum Gasteiger partial charge on any atom is 0.306 e. The van der Waals surface area contributed by atoms with Crippen LogP contribution in [0.1, 0.15) is 245 Å². The Balaban J connectivity index is 4.39. The molecule has 6 nitrogen and oxygen atoms in total. The first-order valence-electron chi connectivity index (χ1n) is 27.9. The molecule has 1 atom stereocenters. The van der Waals surface area contributed by atoms with E-state index in [4.69, 9.17) is 14.2 Å². The van der Waals surface area contributed by atoms with Gasteiger partial charge in [0.25, 0.3) is 0 Å². The zero-order chi connectivity index (χ0) is 49.3. The van der Waals surface area contributed by atoms with Crippen LogP contribution >= 0.6 is 0 Å². The summed E-state index contributed by atoms with van der Waals surface area (Å²) in [5, 5.41) is 0. The van der Waals surface area contributed by atoms with Crippen molar-refractivity contribution in [1.82, 2.24) is 0 Å².